The highest BCUT2D eigenvalue weighted by atomic mass is 15.2. The number of para-hydroxylation sites is 2. The van der Waals surface area contributed by atoms with E-state index in [4.69, 9.17) is 6.57 Å². The molecule has 0 bridgehead atoms. The molecule has 0 radical (unpaired) electrons. The molecule has 7 rings (SSSR count). The van der Waals surface area contributed by atoms with Gasteiger partial charge in [-0.25, -0.2) is 10.1 Å². The Labute approximate surface area is 298 Å². The van der Waals surface area contributed by atoms with E-state index in [2.05, 4.69) is 133 Å². The summed E-state index contributed by atoms with van der Waals surface area (Å²) < 4.78 is 0. The molecule has 0 N–H and O–H groups in total. The lowest BCUT2D eigenvalue weighted by Gasteiger charge is -2.49. The van der Waals surface area contributed by atoms with Crippen LogP contribution in [-0.4, -0.2) is 0 Å². The van der Waals surface area contributed by atoms with Crippen molar-refractivity contribution in [3.63, 3.8) is 0 Å². The highest BCUT2D eigenvalue weighted by Crippen LogP contribution is 2.62. The number of fused-ring (bicyclic) bond motifs is 8. The van der Waals surface area contributed by atoms with Gasteiger partial charge in [-0.3, -0.25) is 0 Å². The molecule has 1 aliphatic heterocycles. The third-order valence-corrected chi connectivity index (χ3v) is 10.7. The van der Waals surface area contributed by atoms with Crippen molar-refractivity contribution in [1.82, 2.24) is 0 Å². The number of nitriles is 1. The average molecular weight is 652 g/mol. The number of hydrogen-bond donors (Lipinski definition) is 0. The Morgan fingerprint density at radius 2 is 1.08 bits per heavy atom. The molecular formula is C47H45N3. The van der Waals surface area contributed by atoms with Crippen molar-refractivity contribution in [2.24, 2.45) is 0 Å². The lowest BCUT2D eigenvalue weighted by atomic mass is 9.57. The second kappa shape index (κ2) is 14.6. The maximum Gasteiger partial charge on any atom is 0.270 e. The van der Waals surface area contributed by atoms with E-state index in [1.54, 1.807) is 0 Å². The van der Waals surface area contributed by atoms with Gasteiger partial charge in [0.15, 0.2) is 0 Å². The summed E-state index contributed by atoms with van der Waals surface area (Å²) in [5, 5.41) is 10.2. The van der Waals surface area contributed by atoms with Crippen molar-refractivity contribution < 1.29 is 0 Å². The van der Waals surface area contributed by atoms with E-state index in [0.717, 1.165) is 52.0 Å². The van der Waals surface area contributed by atoms with Gasteiger partial charge in [0.2, 0.25) is 0 Å². The van der Waals surface area contributed by atoms with Crippen molar-refractivity contribution >= 4 is 22.6 Å². The van der Waals surface area contributed by atoms with Crippen LogP contribution in [0.3, 0.4) is 0 Å². The van der Waals surface area contributed by atoms with E-state index in [9.17, 15) is 5.26 Å². The summed E-state index contributed by atoms with van der Waals surface area (Å²) in [6.45, 7) is 12.5. The van der Waals surface area contributed by atoms with E-state index >= 15 is 0 Å². The molecule has 1 spiro atoms. The lowest BCUT2D eigenvalue weighted by molar-refractivity contribution is 0.661. The highest BCUT2D eigenvalue weighted by Gasteiger charge is 2.51. The Morgan fingerprint density at radius 3 is 1.54 bits per heavy atom. The molecule has 5 aromatic carbocycles. The van der Waals surface area contributed by atoms with Gasteiger partial charge in [-0.15, -0.1) is 0 Å². The minimum atomic E-state index is -0.649. The van der Waals surface area contributed by atoms with E-state index in [-0.39, 0.29) is 5.70 Å². The van der Waals surface area contributed by atoms with E-state index in [1.807, 2.05) is 12.1 Å². The van der Waals surface area contributed by atoms with Crippen LogP contribution < -0.4 is 4.90 Å². The molecule has 0 unspecified atom stereocenters. The third kappa shape index (κ3) is 5.62. The number of allylic oxidation sites excluding steroid dienone is 1. The van der Waals surface area contributed by atoms with Crippen LogP contribution in [-0.2, 0) is 18.3 Å². The zero-order valence-corrected chi connectivity index (χ0v) is 29.4. The molecule has 5 aromatic rings. The zero-order valence-electron chi connectivity index (χ0n) is 29.4. The summed E-state index contributed by atoms with van der Waals surface area (Å²) in [6.07, 6.45) is 12.2. The number of unbranched alkanes of at least 4 members (excludes halogenated alkanes) is 6. The Morgan fingerprint density at radius 1 is 0.620 bits per heavy atom. The summed E-state index contributed by atoms with van der Waals surface area (Å²) in [6, 6.07) is 44.2. The highest BCUT2D eigenvalue weighted by molar-refractivity contribution is 5.98. The van der Waals surface area contributed by atoms with Crippen LogP contribution in [0.4, 0.5) is 17.1 Å². The summed E-state index contributed by atoms with van der Waals surface area (Å²) >= 11 is 0. The summed E-state index contributed by atoms with van der Waals surface area (Å²) in [7, 11) is 0. The van der Waals surface area contributed by atoms with Crippen LogP contribution in [0.5, 0.6) is 0 Å². The second-order valence-corrected chi connectivity index (χ2v) is 13.8. The maximum absolute atomic E-state index is 10.2. The topological polar surface area (TPSA) is 31.4 Å². The molecule has 0 atom stereocenters. The van der Waals surface area contributed by atoms with Gasteiger partial charge in [0.1, 0.15) is 0 Å². The Kier molecular flexibility index (Phi) is 9.69. The molecule has 1 heterocycles. The maximum atomic E-state index is 10.2. The Balaban J connectivity index is 1.48. The normalized spacial score (nSPS) is 13.4. The third-order valence-electron chi connectivity index (χ3n) is 10.7. The van der Waals surface area contributed by atoms with Gasteiger partial charge in [-0.1, -0.05) is 143 Å². The predicted molar refractivity (Wildman–Crippen MR) is 207 cm³/mol. The number of hydrogen-bond acceptors (Lipinski definition) is 2. The van der Waals surface area contributed by atoms with Gasteiger partial charge in [0, 0.05) is 11.3 Å². The summed E-state index contributed by atoms with van der Waals surface area (Å²) in [5.74, 6) is 0. The van der Waals surface area contributed by atoms with E-state index < -0.39 is 5.41 Å². The van der Waals surface area contributed by atoms with Crippen molar-refractivity contribution in [2.75, 3.05) is 4.90 Å². The van der Waals surface area contributed by atoms with Gasteiger partial charge in [-0.05, 0) is 94.5 Å². The van der Waals surface area contributed by atoms with Gasteiger partial charge >= 0.3 is 0 Å². The monoisotopic (exact) mass is 651 g/mol. The first kappa shape index (κ1) is 33.1. The fraction of sp³-hybridized carbons (Fsp3) is 0.277. The van der Waals surface area contributed by atoms with Crippen LogP contribution in [0.1, 0.15) is 110 Å². The molecule has 248 valence electrons. The van der Waals surface area contributed by atoms with E-state index in [1.165, 1.54) is 79.3 Å². The predicted octanol–water partition coefficient (Wildman–Crippen LogP) is 12.6. The first-order valence-electron chi connectivity index (χ1n) is 18.5. The molecule has 50 heavy (non-hydrogen) atoms. The van der Waals surface area contributed by atoms with Gasteiger partial charge in [0.25, 0.3) is 5.70 Å². The zero-order chi connectivity index (χ0) is 34.5. The Hall–Kier alpha value is -5.38. The molecule has 0 aromatic heterocycles. The van der Waals surface area contributed by atoms with Crippen LogP contribution in [0, 0.1) is 17.9 Å². The minimum absolute atomic E-state index is 0.126. The molecular weight excluding hydrogens is 607 g/mol. The molecule has 2 aliphatic rings. The number of nitrogens with zero attached hydrogens (tertiary/aromatic N) is 3. The lowest BCUT2D eigenvalue weighted by Crippen LogP contribution is -2.40. The molecule has 3 nitrogen and oxygen atoms in total. The fourth-order valence-electron chi connectivity index (χ4n) is 8.52. The van der Waals surface area contributed by atoms with Crippen molar-refractivity contribution in [3.8, 4) is 6.07 Å². The smallest absolute Gasteiger partial charge is 0.270 e. The first-order valence-corrected chi connectivity index (χ1v) is 18.5. The standard InChI is InChI=1S/C47H45N3/c1-4-6-8-10-20-34-30-35(21-11-9-7-5-2)32-36(31-34)50-44-28-18-16-26-41(44)47(42-27-17-19-29-45(42)50)39-24-14-12-22-37(39)46(43(33-48)49-3)38-23-13-15-25-40(38)47/h12-19,22-32H,4-11,20-21H2,1-2H3. The molecule has 0 fully saturated rings. The van der Waals surface area contributed by atoms with Crippen LogP contribution >= 0.6 is 0 Å². The van der Waals surface area contributed by atoms with Crippen molar-refractivity contribution in [3.05, 3.63) is 177 Å². The average Bonchev–Trinajstić information content (AvgIpc) is 3.16. The SMILES string of the molecule is [C-]#[N+]C(C#N)=C1c2ccccc2C2(c3ccccc31)c1ccccc1N(c1cc(CCCCCC)cc(CCCCCC)c1)c1ccccc12. The first-order chi connectivity index (χ1) is 24.7. The molecule has 0 amide bonds. The largest absolute Gasteiger partial charge is 0.310 e. The van der Waals surface area contributed by atoms with Crippen molar-refractivity contribution in [1.29, 1.82) is 5.26 Å². The quantitative estimate of drug-likeness (QED) is 0.0792. The Bertz CT molecular complexity index is 1990. The van der Waals surface area contributed by atoms with Crippen LogP contribution in [0.15, 0.2) is 121 Å². The molecule has 1 aliphatic carbocycles. The number of anilines is 3. The van der Waals surface area contributed by atoms with Gasteiger partial charge < -0.3 is 4.90 Å². The van der Waals surface area contributed by atoms with Crippen molar-refractivity contribution in [2.45, 2.75) is 83.5 Å². The van der Waals surface area contributed by atoms with Crippen LogP contribution in [0.25, 0.3) is 10.4 Å². The second-order valence-electron chi connectivity index (χ2n) is 13.8. The molecule has 0 saturated carbocycles. The minimum Gasteiger partial charge on any atom is -0.310 e. The van der Waals surface area contributed by atoms with Crippen LogP contribution in [0.2, 0.25) is 0 Å². The summed E-state index contributed by atoms with van der Waals surface area (Å²) in [5.41, 5.74) is 13.1. The number of benzene rings is 5. The number of aryl methyl sites for hydroxylation is 2. The molecule has 3 heteroatoms. The fourth-order valence-corrected chi connectivity index (χ4v) is 8.52. The summed E-state index contributed by atoms with van der Waals surface area (Å²) in [4.78, 5) is 6.24. The number of rotatable bonds is 11. The van der Waals surface area contributed by atoms with Gasteiger partial charge in [0.05, 0.1) is 29.4 Å². The molecule has 0 saturated heterocycles. The van der Waals surface area contributed by atoms with Gasteiger partial charge in [-0.2, -0.15) is 0 Å². The van der Waals surface area contributed by atoms with E-state index in [0.29, 0.717) is 0 Å².